The van der Waals surface area contributed by atoms with Gasteiger partial charge in [-0.3, -0.25) is 4.99 Å². The van der Waals surface area contributed by atoms with E-state index in [0.717, 1.165) is 42.8 Å². The van der Waals surface area contributed by atoms with E-state index >= 15 is 0 Å². The Balaban J connectivity index is 0.00000312. The van der Waals surface area contributed by atoms with Gasteiger partial charge in [-0.25, -0.2) is 0 Å². The molecule has 25 heavy (non-hydrogen) atoms. The first kappa shape index (κ1) is 23.0. The predicted molar refractivity (Wildman–Crippen MR) is 120 cm³/mol. The summed E-state index contributed by atoms with van der Waals surface area (Å²) in [6.45, 7) is 9.40. The molecule has 0 spiro atoms. The summed E-state index contributed by atoms with van der Waals surface area (Å²) in [5, 5.41) is 6.85. The molecule has 0 bridgehead atoms. The highest BCUT2D eigenvalue weighted by atomic mass is 127. The van der Waals surface area contributed by atoms with Crippen LogP contribution in [-0.4, -0.2) is 38.8 Å². The normalized spacial score (nSPS) is 21.6. The second kappa shape index (κ2) is 10.9. The van der Waals surface area contributed by atoms with Crippen LogP contribution in [0.2, 0.25) is 4.34 Å². The van der Waals surface area contributed by atoms with Crippen LogP contribution in [0.25, 0.3) is 0 Å². The highest BCUT2D eigenvalue weighted by Crippen LogP contribution is 2.33. The number of nitrogens with zero attached hydrogens (tertiary/aromatic N) is 1. The zero-order valence-electron chi connectivity index (χ0n) is 15.6. The van der Waals surface area contributed by atoms with E-state index in [0.29, 0.717) is 12.0 Å². The van der Waals surface area contributed by atoms with Crippen LogP contribution in [0.5, 0.6) is 0 Å². The lowest BCUT2D eigenvalue weighted by Gasteiger charge is -2.40. The number of aliphatic imine (C=N–C) groups is 1. The lowest BCUT2D eigenvalue weighted by atomic mass is 9.78. The Hall–Kier alpha value is -0.0500. The zero-order chi connectivity index (χ0) is 17.6. The summed E-state index contributed by atoms with van der Waals surface area (Å²) >= 11 is 7.60. The topological polar surface area (TPSA) is 45.7 Å². The Kier molecular flexibility index (Phi) is 10.1. The average molecular weight is 500 g/mol. The van der Waals surface area contributed by atoms with E-state index in [1.165, 1.54) is 11.3 Å². The molecule has 7 heteroatoms. The molecule has 144 valence electrons. The van der Waals surface area contributed by atoms with Crippen LogP contribution < -0.4 is 10.6 Å². The first-order valence-electron chi connectivity index (χ1n) is 8.70. The molecule has 0 radical (unpaired) electrons. The highest BCUT2D eigenvalue weighted by molar-refractivity contribution is 14.0. The minimum absolute atomic E-state index is 0. The Morgan fingerprint density at radius 3 is 2.72 bits per heavy atom. The van der Waals surface area contributed by atoms with Crippen molar-refractivity contribution in [2.75, 3.05) is 26.7 Å². The summed E-state index contributed by atoms with van der Waals surface area (Å²) in [5.74, 6) is 1.38. The van der Waals surface area contributed by atoms with Gasteiger partial charge in [0, 0.05) is 37.5 Å². The van der Waals surface area contributed by atoms with Gasteiger partial charge in [-0.2, -0.15) is 0 Å². The van der Waals surface area contributed by atoms with Gasteiger partial charge in [0.25, 0.3) is 0 Å². The third-order valence-corrected chi connectivity index (χ3v) is 5.64. The minimum atomic E-state index is 0. The van der Waals surface area contributed by atoms with Gasteiger partial charge >= 0.3 is 0 Å². The molecule has 0 aliphatic carbocycles. The second-order valence-corrected chi connectivity index (χ2v) is 9.20. The monoisotopic (exact) mass is 499 g/mol. The molecule has 1 aliphatic heterocycles. The van der Waals surface area contributed by atoms with Crippen LogP contribution in [0, 0.1) is 11.3 Å². The highest BCUT2D eigenvalue weighted by Gasteiger charge is 2.35. The van der Waals surface area contributed by atoms with Crippen LogP contribution in [0.3, 0.4) is 0 Å². The van der Waals surface area contributed by atoms with E-state index in [4.69, 9.17) is 16.3 Å². The van der Waals surface area contributed by atoms with Crippen molar-refractivity contribution < 1.29 is 4.74 Å². The van der Waals surface area contributed by atoms with Gasteiger partial charge in [-0.15, -0.1) is 35.3 Å². The van der Waals surface area contributed by atoms with Crippen LogP contribution in [0.15, 0.2) is 17.1 Å². The fraction of sp³-hybridized carbons (Fsp3) is 0.722. The molecule has 0 aromatic carbocycles. The summed E-state index contributed by atoms with van der Waals surface area (Å²) in [7, 11) is 1.82. The molecule has 2 heterocycles. The van der Waals surface area contributed by atoms with Crippen molar-refractivity contribution in [3.63, 3.8) is 0 Å². The maximum atomic E-state index is 6.05. The van der Waals surface area contributed by atoms with Crippen LogP contribution in [0.1, 0.15) is 38.5 Å². The molecule has 1 fully saturated rings. The van der Waals surface area contributed by atoms with E-state index in [1.54, 1.807) is 11.3 Å². The van der Waals surface area contributed by atoms with Crippen LogP contribution in [-0.2, 0) is 11.2 Å². The van der Waals surface area contributed by atoms with E-state index in [-0.39, 0.29) is 29.4 Å². The van der Waals surface area contributed by atoms with Gasteiger partial charge in [0.15, 0.2) is 5.96 Å². The van der Waals surface area contributed by atoms with Gasteiger partial charge in [0.1, 0.15) is 0 Å². The average Bonchev–Trinajstić information content (AvgIpc) is 2.95. The number of ether oxygens (including phenoxy) is 1. The lowest BCUT2D eigenvalue weighted by molar-refractivity contribution is -0.0835. The number of halogens is 2. The van der Waals surface area contributed by atoms with Gasteiger partial charge in [0.05, 0.1) is 10.4 Å². The van der Waals surface area contributed by atoms with Crippen molar-refractivity contribution in [2.45, 2.75) is 46.1 Å². The molecule has 1 aromatic heterocycles. The van der Waals surface area contributed by atoms with Gasteiger partial charge in [-0.1, -0.05) is 32.4 Å². The second-order valence-electron chi connectivity index (χ2n) is 7.40. The van der Waals surface area contributed by atoms with E-state index in [1.807, 2.05) is 13.1 Å². The molecule has 0 amide bonds. The SMILES string of the molecule is CN=C(NCCc1ccc(Cl)s1)NCC1CCCOC1C(C)(C)C.I. The number of hydrogen-bond acceptors (Lipinski definition) is 3. The standard InChI is InChI=1S/C18H30ClN3OS.HI/c1-18(2,3)16-13(6-5-11-23-16)12-22-17(20-4)21-10-9-14-7-8-15(19)24-14;/h7-8,13,16H,5-6,9-12H2,1-4H3,(H2,20,21,22);1H. The van der Waals surface area contributed by atoms with E-state index in [9.17, 15) is 0 Å². The smallest absolute Gasteiger partial charge is 0.190 e. The first-order valence-corrected chi connectivity index (χ1v) is 9.90. The Morgan fingerprint density at radius 1 is 1.36 bits per heavy atom. The maximum absolute atomic E-state index is 6.05. The Morgan fingerprint density at radius 2 is 2.12 bits per heavy atom. The van der Waals surface area contributed by atoms with Gasteiger partial charge in [0.2, 0.25) is 0 Å². The number of hydrogen-bond donors (Lipinski definition) is 2. The number of guanidine groups is 1. The van der Waals surface area contributed by atoms with Crippen LogP contribution in [0.4, 0.5) is 0 Å². The summed E-state index contributed by atoms with van der Waals surface area (Å²) in [6, 6.07) is 4.03. The summed E-state index contributed by atoms with van der Waals surface area (Å²) < 4.78 is 6.90. The van der Waals surface area contributed by atoms with E-state index in [2.05, 4.69) is 42.5 Å². The third-order valence-electron chi connectivity index (χ3n) is 4.35. The lowest BCUT2D eigenvalue weighted by Crippen LogP contribution is -2.47. The molecular formula is C18H31ClIN3OS. The summed E-state index contributed by atoms with van der Waals surface area (Å²) in [5.41, 5.74) is 0.169. The van der Waals surface area contributed by atoms with Gasteiger partial charge in [-0.05, 0) is 36.8 Å². The Bertz CT molecular complexity index is 545. The molecule has 1 saturated heterocycles. The maximum Gasteiger partial charge on any atom is 0.190 e. The fourth-order valence-electron chi connectivity index (χ4n) is 3.25. The summed E-state index contributed by atoms with van der Waals surface area (Å²) in [6.07, 6.45) is 3.60. The largest absolute Gasteiger partial charge is 0.377 e. The minimum Gasteiger partial charge on any atom is -0.377 e. The zero-order valence-corrected chi connectivity index (χ0v) is 19.5. The molecule has 2 N–H and O–H groups in total. The van der Waals surface area contributed by atoms with Gasteiger partial charge < -0.3 is 15.4 Å². The molecule has 1 aliphatic rings. The van der Waals surface area contributed by atoms with Crippen molar-refractivity contribution >= 4 is 52.9 Å². The number of rotatable bonds is 5. The molecule has 1 aromatic rings. The van der Waals surface area contributed by atoms with Crippen molar-refractivity contribution in [1.29, 1.82) is 0 Å². The quantitative estimate of drug-likeness (QED) is 0.354. The molecule has 0 saturated carbocycles. The third kappa shape index (κ3) is 7.61. The number of nitrogens with one attached hydrogen (secondary N) is 2. The molecule has 2 atom stereocenters. The fourth-order valence-corrected chi connectivity index (χ4v) is 4.34. The van der Waals surface area contributed by atoms with Crippen molar-refractivity contribution in [3.05, 3.63) is 21.3 Å². The van der Waals surface area contributed by atoms with Crippen molar-refractivity contribution in [1.82, 2.24) is 10.6 Å². The Labute approximate surface area is 178 Å². The molecule has 4 nitrogen and oxygen atoms in total. The van der Waals surface area contributed by atoms with Crippen LogP contribution >= 0.6 is 46.9 Å². The number of thiophene rings is 1. The van der Waals surface area contributed by atoms with E-state index < -0.39 is 0 Å². The predicted octanol–water partition coefficient (Wildman–Crippen LogP) is 4.57. The molecule has 2 rings (SSSR count). The molecule has 2 unspecified atom stereocenters. The summed E-state index contributed by atoms with van der Waals surface area (Å²) in [4.78, 5) is 5.62. The molecular weight excluding hydrogens is 469 g/mol. The first-order chi connectivity index (χ1) is 11.4. The van der Waals surface area contributed by atoms with Crippen molar-refractivity contribution in [2.24, 2.45) is 16.3 Å². The van der Waals surface area contributed by atoms with Crippen molar-refractivity contribution in [3.8, 4) is 0 Å².